The molecular formula is C19H22N2O4S. The molecule has 2 aromatic rings. The van der Waals surface area contributed by atoms with Gasteiger partial charge >= 0.3 is 0 Å². The zero-order chi connectivity index (χ0) is 18.6. The van der Waals surface area contributed by atoms with Crippen molar-refractivity contribution in [2.24, 2.45) is 0 Å². The van der Waals surface area contributed by atoms with Crippen molar-refractivity contribution < 1.29 is 17.9 Å². The second kappa shape index (κ2) is 7.88. The molecule has 0 aromatic heterocycles. The van der Waals surface area contributed by atoms with Gasteiger partial charge in [-0.15, -0.1) is 0 Å². The Morgan fingerprint density at radius 2 is 1.65 bits per heavy atom. The van der Waals surface area contributed by atoms with E-state index >= 15 is 0 Å². The van der Waals surface area contributed by atoms with Crippen LogP contribution in [0, 0.1) is 0 Å². The maximum absolute atomic E-state index is 12.5. The number of amides is 1. The molecule has 26 heavy (non-hydrogen) atoms. The van der Waals surface area contributed by atoms with Crippen LogP contribution in [0.25, 0.3) is 0 Å². The van der Waals surface area contributed by atoms with Crippen molar-refractivity contribution in [1.82, 2.24) is 4.31 Å². The normalized spacial score (nSPS) is 15.0. The molecule has 0 aliphatic carbocycles. The van der Waals surface area contributed by atoms with Gasteiger partial charge < -0.3 is 10.1 Å². The van der Waals surface area contributed by atoms with Crippen molar-refractivity contribution >= 4 is 21.6 Å². The molecule has 1 N–H and O–H groups in total. The molecule has 1 heterocycles. The van der Waals surface area contributed by atoms with Gasteiger partial charge in [0.25, 0.3) is 5.91 Å². The molecule has 0 radical (unpaired) electrons. The van der Waals surface area contributed by atoms with E-state index in [1.165, 1.54) is 16.4 Å². The van der Waals surface area contributed by atoms with Crippen LogP contribution in [-0.4, -0.2) is 38.3 Å². The number of nitrogens with one attached hydrogen (secondary N) is 1. The molecule has 1 aliphatic heterocycles. The third-order valence-corrected chi connectivity index (χ3v) is 6.16. The number of benzene rings is 2. The summed E-state index contributed by atoms with van der Waals surface area (Å²) in [6.07, 6.45) is 1.80. The second-order valence-electron chi connectivity index (χ2n) is 6.05. The van der Waals surface area contributed by atoms with E-state index in [1.807, 2.05) is 6.92 Å². The molecule has 0 saturated carbocycles. The first-order valence-electron chi connectivity index (χ1n) is 8.65. The summed E-state index contributed by atoms with van der Waals surface area (Å²) < 4.78 is 31.9. The van der Waals surface area contributed by atoms with Crippen LogP contribution < -0.4 is 10.1 Å². The molecule has 0 atom stereocenters. The topological polar surface area (TPSA) is 75.7 Å². The lowest BCUT2D eigenvalue weighted by molar-refractivity contribution is 0.102. The highest BCUT2D eigenvalue weighted by Crippen LogP contribution is 2.22. The monoisotopic (exact) mass is 374 g/mol. The molecule has 0 unspecified atom stereocenters. The third-order valence-electron chi connectivity index (χ3n) is 4.24. The first-order valence-corrected chi connectivity index (χ1v) is 10.1. The number of nitrogens with zero attached hydrogens (tertiary/aromatic N) is 1. The summed E-state index contributed by atoms with van der Waals surface area (Å²) in [5.41, 5.74) is 1.05. The molecule has 138 valence electrons. The molecule has 1 saturated heterocycles. The van der Waals surface area contributed by atoms with Crippen molar-refractivity contribution in [3.05, 3.63) is 54.1 Å². The van der Waals surface area contributed by atoms with Crippen molar-refractivity contribution in [2.75, 3.05) is 25.0 Å². The number of carbonyl (C=O) groups excluding carboxylic acids is 1. The van der Waals surface area contributed by atoms with Gasteiger partial charge in [0.15, 0.2) is 0 Å². The molecule has 3 rings (SSSR count). The Kier molecular flexibility index (Phi) is 5.58. The van der Waals surface area contributed by atoms with Gasteiger partial charge in [0.05, 0.1) is 11.5 Å². The lowest BCUT2D eigenvalue weighted by Crippen LogP contribution is -2.27. The second-order valence-corrected chi connectivity index (χ2v) is 7.99. The van der Waals surface area contributed by atoms with Gasteiger partial charge in [0, 0.05) is 24.3 Å². The number of rotatable bonds is 6. The fourth-order valence-electron chi connectivity index (χ4n) is 2.86. The Bertz CT molecular complexity index is 855. The van der Waals surface area contributed by atoms with E-state index in [-0.39, 0.29) is 10.8 Å². The van der Waals surface area contributed by atoms with Gasteiger partial charge in [-0.25, -0.2) is 8.42 Å². The Hall–Kier alpha value is -2.38. The minimum atomic E-state index is -3.44. The lowest BCUT2D eigenvalue weighted by Gasteiger charge is -2.15. The molecule has 7 heteroatoms. The first-order chi connectivity index (χ1) is 12.5. The number of ether oxygens (including phenoxy) is 1. The molecule has 2 aromatic carbocycles. The van der Waals surface area contributed by atoms with Crippen molar-refractivity contribution in [1.29, 1.82) is 0 Å². The van der Waals surface area contributed by atoms with Gasteiger partial charge in [0.2, 0.25) is 10.0 Å². The SMILES string of the molecule is CCOc1ccc(C(=O)Nc2ccc(S(=O)(=O)N3CCCC3)cc2)cc1. The summed E-state index contributed by atoms with van der Waals surface area (Å²) in [6, 6.07) is 13.1. The maximum Gasteiger partial charge on any atom is 0.255 e. The summed E-state index contributed by atoms with van der Waals surface area (Å²) >= 11 is 0. The van der Waals surface area contributed by atoms with E-state index in [0.29, 0.717) is 36.7 Å². The number of sulfonamides is 1. The standard InChI is InChI=1S/C19H22N2O4S/c1-2-25-17-9-5-15(6-10-17)19(22)20-16-7-11-18(12-8-16)26(23,24)21-13-3-4-14-21/h5-12H,2-4,13-14H2,1H3,(H,20,22). The number of carbonyl (C=O) groups is 1. The van der Waals surface area contributed by atoms with Gasteiger partial charge in [-0.3, -0.25) is 4.79 Å². The Balaban J connectivity index is 1.68. The Labute approximate surface area is 153 Å². The van der Waals surface area contributed by atoms with Crippen molar-refractivity contribution in [3.8, 4) is 5.75 Å². The predicted molar refractivity (Wildman–Crippen MR) is 100.0 cm³/mol. The highest BCUT2D eigenvalue weighted by Gasteiger charge is 2.26. The van der Waals surface area contributed by atoms with E-state index in [2.05, 4.69) is 5.32 Å². The van der Waals surface area contributed by atoms with Gasteiger partial charge in [-0.05, 0) is 68.3 Å². The summed E-state index contributed by atoms with van der Waals surface area (Å²) in [4.78, 5) is 12.5. The van der Waals surface area contributed by atoms with E-state index in [9.17, 15) is 13.2 Å². The van der Waals surface area contributed by atoms with Crippen LogP contribution in [0.15, 0.2) is 53.4 Å². The third kappa shape index (κ3) is 4.05. The lowest BCUT2D eigenvalue weighted by atomic mass is 10.2. The predicted octanol–water partition coefficient (Wildman–Crippen LogP) is 3.12. The highest BCUT2D eigenvalue weighted by molar-refractivity contribution is 7.89. The molecule has 0 spiro atoms. The average molecular weight is 374 g/mol. The molecule has 0 bridgehead atoms. The van der Waals surface area contributed by atoms with E-state index < -0.39 is 10.0 Å². The zero-order valence-electron chi connectivity index (χ0n) is 14.6. The molecule has 6 nitrogen and oxygen atoms in total. The van der Waals surface area contributed by atoms with Crippen LogP contribution >= 0.6 is 0 Å². The van der Waals surface area contributed by atoms with Gasteiger partial charge in [-0.1, -0.05) is 0 Å². The average Bonchev–Trinajstić information content (AvgIpc) is 3.19. The Morgan fingerprint density at radius 3 is 2.23 bits per heavy atom. The zero-order valence-corrected chi connectivity index (χ0v) is 15.5. The number of anilines is 1. The van der Waals surface area contributed by atoms with Crippen molar-refractivity contribution in [3.63, 3.8) is 0 Å². The van der Waals surface area contributed by atoms with E-state index in [4.69, 9.17) is 4.74 Å². The van der Waals surface area contributed by atoms with Crippen LogP contribution in [0.2, 0.25) is 0 Å². The minimum absolute atomic E-state index is 0.249. The number of hydrogen-bond acceptors (Lipinski definition) is 4. The summed E-state index contributed by atoms with van der Waals surface area (Å²) in [6.45, 7) is 3.60. The van der Waals surface area contributed by atoms with Crippen molar-refractivity contribution in [2.45, 2.75) is 24.7 Å². The first kappa shape index (κ1) is 18.4. The van der Waals surface area contributed by atoms with Crippen LogP contribution in [-0.2, 0) is 10.0 Å². The highest BCUT2D eigenvalue weighted by atomic mass is 32.2. The maximum atomic E-state index is 12.5. The quantitative estimate of drug-likeness (QED) is 0.843. The van der Waals surface area contributed by atoms with E-state index in [0.717, 1.165) is 12.8 Å². The largest absolute Gasteiger partial charge is 0.494 e. The fraction of sp³-hybridized carbons (Fsp3) is 0.316. The fourth-order valence-corrected chi connectivity index (χ4v) is 4.38. The van der Waals surface area contributed by atoms with Crippen LogP contribution in [0.3, 0.4) is 0 Å². The van der Waals surface area contributed by atoms with Crippen LogP contribution in [0.5, 0.6) is 5.75 Å². The smallest absolute Gasteiger partial charge is 0.255 e. The number of hydrogen-bond donors (Lipinski definition) is 1. The van der Waals surface area contributed by atoms with E-state index in [1.54, 1.807) is 36.4 Å². The Morgan fingerprint density at radius 1 is 1.04 bits per heavy atom. The molecule has 1 fully saturated rings. The van der Waals surface area contributed by atoms with Gasteiger partial charge in [0.1, 0.15) is 5.75 Å². The minimum Gasteiger partial charge on any atom is -0.494 e. The molecule has 1 aliphatic rings. The summed E-state index contributed by atoms with van der Waals surface area (Å²) in [7, 11) is -3.44. The van der Waals surface area contributed by atoms with Crippen LogP contribution in [0.4, 0.5) is 5.69 Å². The molecular weight excluding hydrogens is 352 g/mol. The molecule has 1 amide bonds. The summed E-state index contributed by atoms with van der Waals surface area (Å²) in [5, 5.41) is 2.77. The summed E-state index contributed by atoms with van der Waals surface area (Å²) in [5.74, 6) is 0.448. The van der Waals surface area contributed by atoms with Gasteiger partial charge in [-0.2, -0.15) is 4.31 Å². The van der Waals surface area contributed by atoms with Crippen LogP contribution in [0.1, 0.15) is 30.1 Å².